The summed E-state index contributed by atoms with van der Waals surface area (Å²) in [5.41, 5.74) is 0.826. The molecule has 1 atom stereocenters. The summed E-state index contributed by atoms with van der Waals surface area (Å²) >= 11 is 0. The summed E-state index contributed by atoms with van der Waals surface area (Å²) in [5, 5.41) is 29.6. The molecule has 10 nitrogen and oxygen atoms in total. The van der Waals surface area contributed by atoms with E-state index in [4.69, 9.17) is 10.2 Å². The first-order valence-corrected chi connectivity index (χ1v) is 8.48. The van der Waals surface area contributed by atoms with Crippen molar-refractivity contribution in [3.63, 3.8) is 0 Å². The van der Waals surface area contributed by atoms with E-state index in [0.29, 0.717) is 30.3 Å². The van der Waals surface area contributed by atoms with Gasteiger partial charge in [-0.15, -0.1) is 0 Å². The fourth-order valence-corrected chi connectivity index (χ4v) is 2.57. The Morgan fingerprint density at radius 3 is 2.00 bits per heavy atom. The zero-order valence-corrected chi connectivity index (χ0v) is 15.0. The maximum atomic E-state index is 12.0. The molecule has 4 N–H and O–H groups in total. The predicted octanol–water partition coefficient (Wildman–Crippen LogP) is 0.324. The van der Waals surface area contributed by atoms with Crippen LogP contribution in [-0.2, 0) is 14.4 Å². The van der Waals surface area contributed by atoms with E-state index in [0.717, 1.165) is 4.90 Å². The molecule has 0 saturated heterocycles. The lowest BCUT2D eigenvalue weighted by Crippen LogP contribution is -2.46. The topological polar surface area (TPSA) is 161 Å². The molecule has 10 heteroatoms. The summed E-state index contributed by atoms with van der Waals surface area (Å²) in [6.45, 7) is -1.13. The molecule has 1 aromatic rings. The molecule has 1 aromatic carbocycles. The zero-order chi connectivity index (χ0) is 21.1. The molecule has 0 fully saturated rings. The van der Waals surface area contributed by atoms with E-state index in [9.17, 15) is 29.1 Å². The van der Waals surface area contributed by atoms with Gasteiger partial charge in [-0.25, -0.2) is 0 Å². The normalized spacial score (nSPS) is 11.6. The Bertz CT molecular complexity index is 701. The molecule has 0 aliphatic heterocycles. The molecule has 0 aromatic heterocycles. The van der Waals surface area contributed by atoms with Crippen molar-refractivity contribution in [3.8, 4) is 0 Å². The number of amides is 1. The van der Waals surface area contributed by atoms with Crippen LogP contribution >= 0.6 is 0 Å². The van der Waals surface area contributed by atoms with Crippen LogP contribution in [0.2, 0.25) is 0 Å². The average molecular weight is 394 g/mol. The summed E-state index contributed by atoms with van der Waals surface area (Å²) in [4.78, 5) is 56.5. The van der Waals surface area contributed by atoms with Gasteiger partial charge in [-0.3, -0.25) is 28.9 Å². The van der Waals surface area contributed by atoms with Gasteiger partial charge in [0.2, 0.25) is 0 Å². The highest BCUT2D eigenvalue weighted by Gasteiger charge is 2.28. The number of aliphatic carboxylic acids is 3. The van der Waals surface area contributed by atoms with Crippen LogP contribution in [0.25, 0.3) is 0 Å². The van der Waals surface area contributed by atoms with E-state index in [-0.39, 0.29) is 18.9 Å². The van der Waals surface area contributed by atoms with Crippen molar-refractivity contribution in [1.82, 2.24) is 10.2 Å². The number of nitrogens with zero attached hydrogens (tertiary/aromatic N) is 1. The van der Waals surface area contributed by atoms with E-state index in [1.165, 1.54) is 24.3 Å². The fraction of sp³-hybridized carbons (Fsp3) is 0.389. The van der Waals surface area contributed by atoms with Crippen molar-refractivity contribution in [2.75, 3.05) is 19.6 Å². The molecule has 0 heterocycles. The van der Waals surface area contributed by atoms with Crippen LogP contribution < -0.4 is 5.32 Å². The van der Waals surface area contributed by atoms with Crippen molar-refractivity contribution < 1.29 is 39.3 Å². The maximum absolute atomic E-state index is 12.0. The van der Waals surface area contributed by atoms with Gasteiger partial charge < -0.3 is 20.6 Å². The predicted molar refractivity (Wildman–Crippen MR) is 96.3 cm³/mol. The Balaban J connectivity index is 2.49. The Morgan fingerprint density at radius 1 is 0.964 bits per heavy atom. The molecule has 0 aliphatic rings. The van der Waals surface area contributed by atoms with Crippen LogP contribution in [0.3, 0.4) is 0 Å². The number of hydrogen-bond acceptors (Lipinski definition) is 6. The van der Waals surface area contributed by atoms with Crippen LogP contribution in [-0.4, -0.2) is 76.0 Å². The Labute approximate surface area is 160 Å². The van der Waals surface area contributed by atoms with Crippen LogP contribution in [0.4, 0.5) is 0 Å². The largest absolute Gasteiger partial charge is 0.480 e. The highest BCUT2D eigenvalue weighted by Crippen LogP contribution is 2.10. The molecule has 0 aliphatic carbocycles. The third-order valence-corrected chi connectivity index (χ3v) is 3.90. The van der Waals surface area contributed by atoms with Gasteiger partial charge in [0.1, 0.15) is 12.3 Å². The smallest absolute Gasteiger partial charge is 0.320 e. The Morgan fingerprint density at radius 2 is 1.54 bits per heavy atom. The van der Waals surface area contributed by atoms with E-state index < -0.39 is 37.0 Å². The molecule has 152 valence electrons. The Hall–Kier alpha value is -3.27. The first-order valence-electron chi connectivity index (χ1n) is 8.48. The van der Waals surface area contributed by atoms with Crippen molar-refractivity contribution in [3.05, 3.63) is 35.4 Å². The third kappa shape index (κ3) is 7.96. The van der Waals surface area contributed by atoms with E-state index in [2.05, 4.69) is 5.32 Å². The van der Waals surface area contributed by atoms with Gasteiger partial charge in [-0.2, -0.15) is 0 Å². The minimum absolute atomic E-state index is 0.0415. The summed E-state index contributed by atoms with van der Waals surface area (Å²) in [5.74, 6) is -4.28. The quantitative estimate of drug-likeness (QED) is 0.273. The maximum Gasteiger partial charge on any atom is 0.320 e. The fourth-order valence-electron chi connectivity index (χ4n) is 2.57. The first-order chi connectivity index (χ1) is 13.2. The summed E-state index contributed by atoms with van der Waals surface area (Å²) in [6.07, 6.45) is 1.48. The number of carboxylic acid groups (broad SMARTS) is 3. The number of carboxylic acids is 3. The number of rotatable bonds is 13. The van der Waals surface area contributed by atoms with Crippen molar-refractivity contribution in [1.29, 1.82) is 0 Å². The molecule has 0 radical (unpaired) electrons. The van der Waals surface area contributed by atoms with E-state index >= 15 is 0 Å². The van der Waals surface area contributed by atoms with E-state index in [1.54, 1.807) is 0 Å². The van der Waals surface area contributed by atoms with Gasteiger partial charge >= 0.3 is 17.9 Å². The summed E-state index contributed by atoms with van der Waals surface area (Å²) in [6, 6.07) is 4.79. The number of nitrogens with one attached hydrogen (secondary N) is 1. The monoisotopic (exact) mass is 394 g/mol. The molecular weight excluding hydrogens is 372 g/mol. The standard InChI is InChI=1S/C18H22N2O8/c21-11-12-4-6-13(7-5-12)17(26)19-8-2-1-3-14(18(27)28)20(9-15(22)23)10-16(24)25/h4-7,11,14H,1-3,8-10H2,(H,19,26)(H,22,23)(H,24,25)(H,27,28). The molecule has 0 spiro atoms. The number of aldehydes is 1. The number of unbranched alkanes of at least 4 members (excludes halogenated alkanes) is 1. The van der Waals surface area contributed by atoms with Crippen LogP contribution in [0.15, 0.2) is 24.3 Å². The lowest BCUT2D eigenvalue weighted by Gasteiger charge is -2.25. The lowest BCUT2D eigenvalue weighted by molar-refractivity contribution is -0.149. The van der Waals surface area contributed by atoms with Crippen LogP contribution in [0.5, 0.6) is 0 Å². The molecule has 28 heavy (non-hydrogen) atoms. The minimum Gasteiger partial charge on any atom is -0.480 e. The highest BCUT2D eigenvalue weighted by atomic mass is 16.4. The number of benzene rings is 1. The molecule has 0 saturated carbocycles. The van der Waals surface area contributed by atoms with Crippen LogP contribution in [0.1, 0.15) is 40.0 Å². The van der Waals surface area contributed by atoms with Crippen LogP contribution in [0, 0.1) is 0 Å². The molecular formula is C18H22N2O8. The van der Waals surface area contributed by atoms with Gasteiger partial charge in [-0.1, -0.05) is 12.1 Å². The second kappa shape index (κ2) is 11.4. The van der Waals surface area contributed by atoms with E-state index in [1.807, 2.05) is 0 Å². The highest BCUT2D eigenvalue weighted by molar-refractivity contribution is 5.94. The summed E-state index contributed by atoms with van der Waals surface area (Å²) in [7, 11) is 0. The SMILES string of the molecule is O=Cc1ccc(C(=O)NCCCCC(C(=O)O)N(CC(=O)O)CC(=O)O)cc1. The van der Waals surface area contributed by atoms with Gasteiger partial charge in [0.15, 0.2) is 0 Å². The average Bonchev–Trinajstić information content (AvgIpc) is 2.62. The second-order valence-corrected chi connectivity index (χ2v) is 6.04. The first kappa shape index (κ1) is 22.8. The van der Waals surface area contributed by atoms with Crippen molar-refractivity contribution >= 4 is 30.1 Å². The minimum atomic E-state index is -1.32. The lowest BCUT2D eigenvalue weighted by atomic mass is 10.1. The van der Waals surface area contributed by atoms with Gasteiger partial charge in [0.25, 0.3) is 5.91 Å². The van der Waals surface area contributed by atoms with Crippen molar-refractivity contribution in [2.45, 2.75) is 25.3 Å². The Kier molecular flexibility index (Phi) is 9.31. The zero-order valence-electron chi connectivity index (χ0n) is 15.0. The number of carbonyl (C=O) groups is 5. The molecule has 1 unspecified atom stereocenters. The van der Waals surface area contributed by atoms with Gasteiger partial charge in [0.05, 0.1) is 13.1 Å². The number of carbonyl (C=O) groups excluding carboxylic acids is 2. The van der Waals surface area contributed by atoms with Gasteiger partial charge in [0, 0.05) is 17.7 Å². The molecule has 1 amide bonds. The molecule has 0 bridgehead atoms. The van der Waals surface area contributed by atoms with Crippen molar-refractivity contribution in [2.24, 2.45) is 0 Å². The number of hydrogen-bond donors (Lipinski definition) is 4. The second-order valence-electron chi connectivity index (χ2n) is 6.04. The third-order valence-electron chi connectivity index (χ3n) is 3.90. The molecule has 1 rings (SSSR count). The van der Waals surface area contributed by atoms with Gasteiger partial charge in [-0.05, 0) is 31.4 Å². The summed E-state index contributed by atoms with van der Waals surface area (Å²) < 4.78 is 0.